The Balaban J connectivity index is 1.66. The molecule has 0 atom stereocenters. The van der Waals surface area contributed by atoms with Crippen LogP contribution in [0, 0.1) is 0 Å². The van der Waals surface area contributed by atoms with E-state index >= 15 is 0 Å². The molecule has 1 heterocycles. The molecule has 2 nitrogen and oxygen atoms in total. The highest BCUT2D eigenvalue weighted by atomic mass is 35.5. The number of nitrogen functional groups attached to an aromatic ring is 1. The smallest absolute Gasteiger partial charge is 0.0640 e. The van der Waals surface area contributed by atoms with Gasteiger partial charge in [0, 0.05) is 25.3 Å². The Morgan fingerprint density at radius 2 is 1.81 bits per heavy atom. The third kappa shape index (κ3) is 3.34. The van der Waals surface area contributed by atoms with E-state index in [1.54, 1.807) is 0 Å². The van der Waals surface area contributed by atoms with Crippen LogP contribution in [0.5, 0.6) is 0 Å². The first-order valence-corrected chi connectivity index (χ1v) is 7.91. The van der Waals surface area contributed by atoms with E-state index in [0.717, 1.165) is 38.2 Å². The monoisotopic (exact) mass is 320 g/mol. The normalized spacial score (nSPS) is 15.0. The van der Waals surface area contributed by atoms with E-state index in [-0.39, 0.29) is 0 Å². The van der Waals surface area contributed by atoms with Crippen LogP contribution in [0.4, 0.5) is 5.69 Å². The molecule has 0 bridgehead atoms. The first kappa shape index (κ1) is 14.7. The number of anilines is 1. The summed E-state index contributed by atoms with van der Waals surface area (Å²) < 4.78 is 0. The minimum absolute atomic E-state index is 0.649. The molecule has 0 amide bonds. The Hall–Kier alpha value is -1.22. The maximum Gasteiger partial charge on any atom is 0.0640 e. The van der Waals surface area contributed by atoms with E-state index in [4.69, 9.17) is 28.9 Å². The molecule has 0 saturated heterocycles. The zero-order chi connectivity index (χ0) is 14.8. The summed E-state index contributed by atoms with van der Waals surface area (Å²) in [6, 6.07) is 12.1. The third-order valence-electron chi connectivity index (χ3n) is 4.07. The summed E-state index contributed by atoms with van der Waals surface area (Å²) in [6.07, 6.45) is 2.06. The molecule has 1 aliphatic heterocycles. The van der Waals surface area contributed by atoms with Gasteiger partial charge < -0.3 is 5.73 Å². The minimum Gasteiger partial charge on any atom is -0.399 e. The molecule has 4 heteroatoms. The second-order valence-corrected chi connectivity index (χ2v) is 6.30. The van der Waals surface area contributed by atoms with Gasteiger partial charge in [-0.2, -0.15) is 0 Å². The molecule has 110 valence electrons. The summed E-state index contributed by atoms with van der Waals surface area (Å²) in [5.41, 5.74) is 10.4. The number of fused-ring (bicyclic) bond motifs is 1. The molecular formula is C17H18Cl2N2. The van der Waals surface area contributed by atoms with Gasteiger partial charge in [-0.3, -0.25) is 4.90 Å². The second-order valence-electron chi connectivity index (χ2n) is 5.52. The first-order chi connectivity index (χ1) is 10.1. The molecule has 0 radical (unpaired) electrons. The Kier molecular flexibility index (Phi) is 4.39. The van der Waals surface area contributed by atoms with E-state index < -0.39 is 0 Å². The van der Waals surface area contributed by atoms with Gasteiger partial charge >= 0.3 is 0 Å². The Labute approximate surface area is 135 Å². The predicted octanol–water partition coefficient (Wildman–Crippen LogP) is 4.18. The molecule has 2 aromatic carbocycles. The van der Waals surface area contributed by atoms with Crippen molar-refractivity contribution in [3.8, 4) is 0 Å². The van der Waals surface area contributed by atoms with Gasteiger partial charge in [-0.05, 0) is 47.7 Å². The zero-order valence-corrected chi connectivity index (χ0v) is 13.3. The summed E-state index contributed by atoms with van der Waals surface area (Å²) in [7, 11) is 0. The van der Waals surface area contributed by atoms with Gasteiger partial charge in [0.2, 0.25) is 0 Å². The summed E-state index contributed by atoms with van der Waals surface area (Å²) >= 11 is 12.5. The van der Waals surface area contributed by atoms with Gasteiger partial charge in [0.05, 0.1) is 10.0 Å². The lowest BCUT2D eigenvalue weighted by molar-refractivity contribution is 0.257. The van der Waals surface area contributed by atoms with Crippen LogP contribution < -0.4 is 5.73 Å². The van der Waals surface area contributed by atoms with Crippen LogP contribution in [0.3, 0.4) is 0 Å². The van der Waals surface area contributed by atoms with Gasteiger partial charge in [-0.25, -0.2) is 0 Å². The lowest BCUT2D eigenvalue weighted by Crippen LogP contribution is -2.32. The van der Waals surface area contributed by atoms with Crippen LogP contribution >= 0.6 is 23.2 Å². The molecule has 0 aromatic heterocycles. The zero-order valence-electron chi connectivity index (χ0n) is 11.8. The van der Waals surface area contributed by atoms with Crippen LogP contribution in [0.1, 0.15) is 16.7 Å². The molecule has 2 aromatic rings. The maximum atomic E-state index is 6.34. The topological polar surface area (TPSA) is 29.3 Å². The quantitative estimate of drug-likeness (QED) is 0.860. The second kappa shape index (κ2) is 6.27. The largest absolute Gasteiger partial charge is 0.399 e. The van der Waals surface area contributed by atoms with Crippen LogP contribution in [-0.4, -0.2) is 18.0 Å². The van der Waals surface area contributed by atoms with Crippen LogP contribution in [-0.2, 0) is 19.4 Å². The van der Waals surface area contributed by atoms with Crippen molar-refractivity contribution in [2.75, 3.05) is 18.8 Å². The van der Waals surface area contributed by atoms with Crippen molar-refractivity contribution >= 4 is 28.9 Å². The highest BCUT2D eigenvalue weighted by molar-refractivity contribution is 6.42. The van der Waals surface area contributed by atoms with Crippen molar-refractivity contribution in [2.24, 2.45) is 0 Å². The molecule has 2 N–H and O–H groups in total. The Morgan fingerprint density at radius 1 is 1.05 bits per heavy atom. The van der Waals surface area contributed by atoms with Crippen LogP contribution in [0.25, 0.3) is 0 Å². The van der Waals surface area contributed by atoms with E-state index in [9.17, 15) is 0 Å². The molecule has 0 spiro atoms. The van der Waals surface area contributed by atoms with Gasteiger partial charge in [-0.15, -0.1) is 0 Å². The predicted molar refractivity (Wildman–Crippen MR) is 90.0 cm³/mol. The maximum absolute atomic E-state index is 6.34. The minimum atomic E-state index is 0.649. The number of benzene rings is 2. The average molecular weight is 321 g/mol. The molecular weight excluding hydrogens is 303 g/mol. The van der Waals surface area contributed by atoms with Crippen molar-refractivity contribution in [1.29, 1.82) is 0 Å². The number of halogens is 2. The van der Waals surface area contributed by atoms with E-state index in [1.165, 1.54) is 16.7 Å². The summed E-state index contributed by atoms with van der Waals surface area (Å²) in [5.74, 6) is 0. The summed E-state index contributed by atoms with van der Waals surface area (Å²) in [6.45, 7) is 2.97. The highest BCUT2D eigenvalue weighted by Gasteiger charge is 2.19. The van der Waals surface area contributed by atoms with Crippen molar-refractivity contribution in [3.63, 3.8) is 0 Å². The molecule has 0 saturated carbocycles. The van der Waals surface area contributed by atoms with E-state index in [2.05, 4.69) is 23.1 Å². The van der Waals surface area contributed by atoms with E-state index in [1.807, 2.05) is 18.2 Å². The number of rotatable bonds is 3. The molecule has 1 aliphatic rings. The van der Waals surface area contributed by atoms with Gasteiger partial charge in [0.25, 0.3) is 0 Å². The fourth-order valence-electron chi connectivity index (χ4n) is 2.78. The first-order valence-electron chi connectivity index (χ1n) is 7.16. The highest BCUT2D eigenvalue weighted by Crippen LogP contribution is 2.32. The van der Waals surface area contributed by atoms with Gasteiger partial charge in [-0.1, -0.05) is 41.4 Å². The van der Waals surface area contributed by atoms with Crippen molar-refractivity contribution in [2.45, 2.75) is 19.4 Å². The fraction of sp³-hybridized carbons (Fsp3) is 0.294. The number of nitrogens with two attached hydrogens (primary N) is 1. The van der Waals surface area contributed by atoms with E-state index in [0.29, 0.717) is 10.0 Å². The van der Waals surface area contributed by atoms with Gasteiger partial charge in [0.1, 0.15) is 0 Å². The SMILES string of the molecule is Nc1ccc(CCN2CCc3ccc(Cl)c(Cl)c3C2)cc1. The Morgan fingerprint density at radius 3 is 2.57 bits per heavy atom. The number of hydrogen-bond donors (Lipinski definition) is 1. The molecule has 21 heavy (non-hydrogen) atoms. The summed E-state index contributed by atoms with van der Waals surface area (Å²) in [5, 5.41) is 1.36. The van der Waals surface area contributed by atoms with Crippen molar-refractivity contribution in [3.05, 3.63) is 63.1 Å². The number of nitrogens with zero attached hydrogens (tertiary/aromatic N) is 1. The van der Waals surface area contributed by atoms with Crippen LogP contribution in [0.15, 0.2) is 36.4 Å². The average Bonchev–Trinajstić information content (AvgIpc) is 2.51. The fourth-order valence-corrected chi connectivity index (χ4v) is 3.20. The van der Waals surface area contributed by atoms with Crippen molar-refractivity contribution in [1.82, 2.24) is 4.90 Å². The summed E-state index contributed by atoms with van der Waals surface area (Å²) in [4.78, 5) is 2.43. The lowest BCUT2D eigenvalue weighted by atomic mass is 9.99. The molecule has 0 aliphatic carbocycles. The molecule has 0 unspecified atom stereocenters. The number of hydrogen-bond acceptors (Lipinski definition) is 2. The van der Waals surface area contributed by atoms with Gasteiger partial charge in [0.15, 0.2) is 0 Å². The molecule has 3 rings (SSSR count). The standard InChI is InChI=1S/C17H18Cl2N2/c18-16-6-3-13-8-10-21(11-15(13)17(16)19)9-7-12-1-4-14(20)5-2-12/h1-6H,7-11,20H2. The lowest BCUT2D eigenvalue weighted by Gasteiger charge is -2.29. The van der Waals surface area contributed by atoms with Crippen LogP contribution in [0.2, 0.25) is 10.0 Å². The van der Waals surface area contributed by atoms with Crippen molar-refractivity contribution < 1.29 is 0 Å². The Bertz CT molecular complexity index is 638. The third-order valence-corrected chi connectivity index (χ3v) is 4.91. The molecule has 0 fully saturated rings.